The Balaban J connectivity index is 2.28. The fourth-order valence-electron chi connectivity index (χ4n) is 3.72. The standard InChI is InChI=1S/C20H28F3N3O7S/c1-10(2)6-13(17(24)29)25-18(30)19(31)8-14(16(28)15(27)9-19)26-34(32,33)12-5-3-4-11(7-12)20(21,22)23/h3-5,7,10,13-16,26-28,31H,6,8-9H2,1-2H3,(H2,24,29)(H,25,30)/t13-,14+,15-,16-,19+/m1/s1. The smallest absolute Gasteiger partial charge is 0.390 e. The van der Waals surface area contributed by atoms with Crippen LogP contribution in [0.15, 0.2) is 29.2 Å². The first-order valence-corrected chi connectivity index (χ1v) is 11.8. The molecule has 2 amide bonds. The minimum absolute atomic E-state index is 0.0572. The first kappa shape index (κ1) is 28.0. The molecule has 0 unspecified atom stereocenters. The number of sulfonamides is 1. The van der Waals surface area contributed by atoms with Gasteiger partial charge in [-0.05, 0) is 30.5 Å². The zero-order valence-electron chi connectivity index (χ0n) is 18.4. The van der Waals surface area contributed by atoms with E-state index in [1.807, 2.05) is 4.72 Å². The summed E-state index contributed by atoms with van der Waals surface area (Å²) < 4.78 is 66.2. The molecule has 1 aromatic carbocycles. The van der Waals surface area contributed by atoms with Crippen LogP contribution in [0.3, 0.4) is 0 Å². The number of hydrogen-bond acceptors (Lipinski definition) is 7. The fraction of sp³-hybridized carbons (Fsp3) is 0.600. The van der Waals surface area contributed by atoms with Crippen molar-refractivity contribution >= 4 is 21.8 Å². The predicted octanol–water partition coefficient (Wildman–Crippen LogP) is -0.385. The van der Waals surface area contributed by atoms with Crippen LogP contribution in [0.25, 0.3) is 0 Å². The van der Waals surface area contributed by atoms with Crippen LogP contribution in [0, 0.1) is 5.92 Å². The SMILES string of the molecule is CC(C)C[C@@H](NC(=O)[C@@]1(O)C[C@@H](O)[C@H](O)[C@@H](NS(=O)(=O)c2cccc(C(F)(F)F)c2)C1)C(N)=O. The number of aliphatic hydroxyl groups excluding tert-OH is 2. The Morgan fingerprint density at radius 2 is 1.85 bits per heavy atom. The van der Waals surface area contributed by atoms with Gasteiger partial charge in [-0.1, -0.05) is 19.9 Å². The number of rotatable bonds is 8. The van der Waals surface area contributed by atoms with Crippen molar-refractivity contribution in [1.29, 1.82) is 0 Å². The van der Waals surface area contributed by atoms with Crippen LogP contribution in [0.1, 0.15) is 38.7 Å². The molecule has 34 heavy (non-hydrogen) atoms. The molecule has 14 heteroatoms. The van der Waals surface area contributed by atoms with Gasteiger partial charge in [0.15, 0.2) is 0 Å². The Morgan fingerprint density at radius 3 is 2.38 bits per heavy atom. The van der Waals surface area contributed by atoms with Crippen molar-refractivity contribution in [2.45, 2.75) is 74.1 Å². The number of nitrogens with one attached hydrogen (secondary N) is 2. The summed E-state index contributed by atoms with van der Waals surface area (Å²) >= 11 is 0. The monoisotopic (exact) mass is 511 g/mol. The van der Waals surface area contributed by atoms with Gasteiger partial charge >= 0.3 is 6.18 Å². The fourth-order valence-corrected chi connectivity index (χ4v) is 5.01. The molecule has 1 aliphatic carbocycles. The zero-order valence-corrected chi connectivity index (χ0v) is 19.2. The lowest BCUT2D eigenvalue weighted by Crippen LogP contribution is -2.64. The van der Waals surface area contributed by atoms with Crippen molar-refractivity contribution in [2.75, 3.05) is 0 Å². The second kappa shape index (κ2) is 10.2. The van der Waals surface area contributed by atoms with Crippen molar-refractivity contribution in [2.24, 2.45) is 11.7 Å². The van der Waals surface area contributed by atoms with E-state index in [1.165, 1.54) is 0 Å². The molecule has 0 spiro atoms. The molecular weight excluding hydrogens is 483 g/mol. The Morgan fingerprint density at radius 1 is 1.24 bits per heavy atom. The van der Waals surface area contributed by atoms with E-state index in [0.29, 0.717) is 12.1 Å². The third kappa shape index (κ3) is 6.66. The summed E-state index contributed by atoms with van der Waals surface area (Å²) in [5, 5.41) is 33.6. The molecule has 10 nitrogen and oxygen atoms in total. The Labute approximate surface area is 194 Å². The molecule has 5 atom stereocenters. The Kier molecular flexibility index (Phi) is 8.36. The maximum atomic E-state index is 13.0. The quantitative estimate of drug-likeness (QED) is 0.275. The van der Waals surface area contributed by atoms with Crippen LogP contribution in [0.4, 0.5) is 13.2 Å². The summed E-state index contributed by atoms with van der Waals surface area (Å²) in [6.07, 6.45) is -9.63. The van der Waals surface area contributed by atoms with Crippen LogP contribution in [-0.4, -0.2) is 65.4 Å². The van der Waals surface area contributed by atoms with Crippen LogP contribution >= 0.6 is 0 Å². The van der Waals surface area contributed by atoms with Gasteiger partial charge in [0.2, 0.25) is 15.9 Å². The lowest BCUT2D eigenvalue weighted by atomic mass is 9.78. The van der Waals surface area contributed by atoms with E-state index < -0.39 is 81.2 Å². The van der Waals surface area contributed by atoms with E-state index in [0.717, 1.165) is 12.1 Å². The van der Waals surface area contributed by atoms with Crippen LogP contribution in [0.2, 0.25) is 0 Å². The number of carbonyl (C=O) groups excluding carboxylic acids is 2. The Hall–Kier alpha value is -2.26. The molecular formula is C20H28F3N3O7S. The summed E-state index contributed by atoms with van der Waals surface area (Å²) in [5.41, 5.74) is 1.64. The minimum atomic E-state index is -4.81. The highest BCUT2D eigenvalue weighted by Crippen LogP contribution is 2.33. The number of aliphatic hydroxyl groups is 3. The number of nitrogens with two attached hydrogens (primary N) is 1. The highest BCUT2D eigenvalue weighted by molar-refractivity contribution is 7.89. The number of halogens is 3. The number of benzene rings is 1. The molecule has 0 radical (unpaired) electrons. The topological polar surface area (TPSA) is 179 Å². The van der Waals surface area contributed by atoms with Gasteiger partial charge in [-0.25, -0.2) is 13.1 Å². The van der Waals surface area contributed by atoms with E-state index in [4.69, 9.17) is 5.73 Å². The maximum Gasteiger partial charge on any atom is 0.416 e. The molecule has 0 bridgehead atoms. The lowest BCUT2D eigenvalue weighted by Gasteiger charge is -2.41. The first-order valence-electron chi connectivity index (χ1n) is 10.3. The number of alkyl halides is 3. The minimum Gasteiger partial charge on any atom is -0.390 e. The van der Waals surface area contributed by atoms with Gasteiger partial charge in [0.05, 0.1) is 28.7 Å². The van der Waals surface area contributed by atoms with Gasteiger partial charge in [0, 0.05) is 12.8 Å². The van der Waals surface area contributed by atoms with Crippen molar-refractivity contribution in [3.8, 4) is 0 Å². The summed E-state index contributed by atoms with van der Waals surface area (Å²) in [6, 6.07) is 0.0402. The second-order valence-corrected chi connectivity index (χ2v) is 10.5. The normalized spacial score (nSPS) is 26.8. The first-order chi connectivity index (χ1) is 15.5. The van der Waals surface area contributed by atoms with E-state index in [1.54, 1.807) is 13.8 Å². The van der Waals surface area contributed by atoms with Gasteiger partial charge in [-0.2, -0.15) is 13.2 Å². The molecule has 2 rings (SSSR count). The van der Waals surface area contributed by atoms with E-state index in [9.17, 15) is 46.5 Å². The largest absolute Gasteiger partial charge is 0.416 e. The van der Waals surface area contributed by atoms with Crippen LogP contribution < -0.4 is 15.8 Å². The molecule has 7 N–H and O–H groups in total. The highest BCUT2D eigenvalue weighted by atomic mass is 32.2. The zero-order chi connectivity index (χ0) is 26.1. The van der Waals surface area contributed by atoms with Crippen molar-refractivity contribution in [3.63, 3.8) is 0 Å². The molecule has 0 aromatic heterocycles. The number of primary amides is 1. The molecule has 0 heterocycles. The van der Waals surface area contributed by atoms with Crippen molar-refractivity contribution < 1.29 is 46.5 Å². The summed E-state index contributed by atoms with van der Waals surface area (Å²) in [4.78, 5) is 23.6. The average Bonchev–Trinajstić information content (AvgIpc) is 2.70. The third-order valence-electron chi connectivity index (χ3n) is 5.47. The summed E-state index contributed by atoms with van der Waals surface area (Å²) in [6.45, 7) is 3.52. The number of amides is 2. The molecule has 0 aliphatic heterocycles. The van der Waals surface area contributed by atoms with Crippen molar-refractivity contribution in [1.82, 2.24) is 10.0 Å². The van der Waals surface area contributed by atoms with Gasteiger partial charge < -0.3 is 26.4 Å². The van der Waals surface area contributed by atoms with Gasteiger partial charge in [-0.15, -0.1) is 0 Å². The molecule has 1 fully saturated rings. The highest BCUT2D eigenvalue weighted by Gasteiger charge is 2.50. The maximum absolute atomic E-state index is 13.0. The average molecular weight is 512 g/mol. The van der Waals surface area contributed by atoms with Gasteiger partial charge in [0.1, 0.15) is 11.6 Å². The van der Waals surface area contributed by atoms with Crippen molar-refractivity contribution in [3.05, 3.63) is 29.8 Å². The van der Waals surface area contributed by atoms with Gasteiger partial charge in [0.25, 0.3) is 5.91 Å². The van der Waals surface area contributed by atoms with Crippen LogP contribution in [0.5, 0.6) is 0 Å². The summed E-state index contributed by atoms with van der Waals surface area (Å²) in [5.74, 6) is -2.05. The predicted molar refractivity (Wildman–Crippen MR) is 112 cm³/mol. The molecule has 1 aromatic rings. The lowest BCUT2D eigenvalue weighted by molar-refractivity contribution is -0.158. The molecule has 0 saturated heterocycles. The third-order valence-corrected chi connectivity index (χ3v) is 6.96. The van der Waals surface area contributed by atoms with E-state index in [2.05, 4.69) is 5.32 Å². The second-order valence-electron chi connectivity index (χ2n) is 8.81. The molecule has 1 aliphatic rings. The van der Waals surface area contributed by atoms with E-state index >= 15 is 0 Å². The number of carbonyl (C=O) groups is 2. The summed E-state index contributed by atoms with van der Waals surface area (Å²) in [7, 11) is -4.67. The van der Waals surface area contributed by atoms with Gasteiger partial charge in [-0.3, -0.25) is 9.59 Å². The molecule has 192 valence electrons. The number of hydrogen-bond donors (Lipinski definition) is 6. The molecule has 1 saturated carbocycles. The van der Waals surface area contributed by atoms with E-state index in [-0.39, 0.29) is 12.3 Å². The van der Waals surface area contributed by atoms with Crippen LogP contribution in [-0.2, 0) is 25.8 Å². The Bertz CT molecular complexity index is 1020.